The minimum Gasteiger partial charge on any atom is -0.457 e. The summed E-state index contributed by atoms with van der Waals surface area (Å²) in [6.07, 6.45) is -3.57. The Morgan fingerprint density at radius 2 is 1.79 bits per heavy atom. The van der Waals surface area contributed by atoms with E-state index in [4.69, 9.17) is 4.74 Å². The lowest BCUT2D eigenvalue weighted by Crippen LogP contribution is -2.23. The Morgan fingerprint density at radius 1 is 1.07 bits per heavy atom. The van der Waals surface area contributed by atoms with E-state index in [0.717, 1.165) is 18.6 Å². The molecule has 8 heteroatoms. The van der Waals surface area contributed by atoms with Gasteiger partial charge in [-0.1, -0.05) is 18.2 Å². The Kier molecular flexibility index (Phi) is 6.00. The summed E-state index contributed by atoms with van der Waals surface area (Å²) in [5.74, 6) is -1.20. The van der Waals surface area contributed by atoms with Gasteiger partial charge in [0, 0.05) is 24.2 Å². The number of esters is 1. The van der Waals surface area contributed by atoms with Crippen molar-refractivity contribution in [1.29, 1.82) is 0 Å². The van der Waals surface area contributed by atoms with Crippen molar-refractivity contribution in [3.63, 3.8) is 0 Å². The molecule has 1 heterocycles. The number of hydrogen-bond acceptors (Lipinski definition) is 4. The van der Waals surface area contributed by atoms with Gasteiger partial charge in [-0.3, -0.25) is 14.4 Å². The molecule has 0 aromatic heterocycles. The summed E-state index contributed by atoms with van der Waals surface area (Å²) in [6, 6.07) is 10.8. The zero-order valence-corrected chi connectivity index (χ0v) is 15.4. The number of ether oxygens (including phenoxy) is 1. The summed E-state index contributed by atoms with van der Waals surface area (Å²) in [7, 11) is 0. The molecular formula is C21H18F3NO4. The number of Topliss-reactive ketones (excluding diaryl/α,β-unsaturated/α-hetero) is 1. The number of anilines is 1. The maximum atomic E-state index is 12.7. The molecule has 3 rings (SSSR count). The van der Waals surface area contributed by atoms with Gasteiger partial charge in [0.2, 0.25) is 5.91 Å². The molecule has 1 amide bonds. The van der Waals surface area contributed by atoms with Crippen LogP contribution in [0.5, 0.6) is 0 Å². The van der Waals surface area contributed by atoms with Crippen LogP contribution in [0.3, 0.4) is 0 Å². The third kappa shape index (κ3) is 5.22. The number of alkyl halides is 3. The van der Waals surface area contributed by atoms with Crippen LogP contribution in [-0.4, -0.2) is 30.8 Å². The topological polar surface area (TPSA) is 63.7 Å². The second-order valence-corrected chi connectivity index (χ2v) is 6.65. The standard InChI is InChI=1S/C21H18F3NO4/c22-21(23,24)16-4-1-3-14(11-16)12-20(28)29-13-18(26)15-6-8-17(9-7-15)25-10-2-5-19(25)27/h1,3-4,6-9,11H,2,5,10,12-13H2. The molecule has 0 atom stereocenters. The molecule has 1 aliphatic rings. The summed E-state index contributed by atoms with van der Waals surface area (Å²) in [6.45, 7) is 0.124. The molecule has 2 aromatic rings. The van der Waals surface area contributed by atoms with E-state index in [1.165, 1.54) is 12.1 Å². The largest absolute Gasteiger partial charge is 0.457 e. The number of halogens is 3. The molecular weight excluding hydrogens is 387 g/mol. The highest BCUT2D eigenvalue weighted by Gasteiger charge is 2.30. The molecule has 0 aliphatic carbocycles. The van der Waals surface area contributed by atoms with E-state index in [2.05, 4.69) is 0 Å². The lowest BCUT2D eigenvalue weighted by atomic mass is 10.1. The van der Waals surface area contributed by atoms with Crippen LogP contribution in [0.2, 0.25) is 0 Å². The highest BCUT2D eigenvalue weighted by Crippen LogP contribution is 2.29. The average molecular weight is 405 g/mol. The molecule has 0 saturated carbocycles. The summed E-state index contributed by atoms with van der Waals surface area (Å²) >= 11 is 0. The zero-order chi connectivity index (χ0) is 21.0. The zero-order valence-electron chi connectivity index (χ0n) is 15.4. The van der Waals surface area contributed by atoms with Crippen molar-refractivity contribution in [2.45, 2.75) is 25.4 Å². The van der Waals surface area contributed by atoms with Crippen molar-refractivity contribution in [3.8, 4) is 0 Å². The smallest absolute Gasteiger partial charge is 0.416 e. The molecule has 0 N–H and O–H groups in total. The molecule has 5 nitrogen and oxygen atoms in total. The van der Waals surface area contributed by atoms with Crippen molar-refractivity contribution in [1.82, 2.24) is 0 Å². The second kappa shape index (κ2) is 8.46. The Balaban J connectivity index is 1.54. The van der Waals surface area contributed by atoms with E-state index in [1.54, 1.807) is 29.2 Å². The van der Waals surface area contributed by atoms with E-state index >= 15 is 0 Å². The quantitative estimate of drug-likeness (QED) is 0.542. The summed E-state index contributed by atoms with van der Waals surface area (Å²) in [5.41, 5.74) is 0.310. The molecule has 0 spiro atoms. The Bertz CT molecular complexity index is 922. The van der Waals surface area contributed by atoms with E-state index < -0.39 is 30.1 Å². The van der Waals surface area contributed by atoms with Gasteiger partial charge in [-0.15, -0.1) is 0 Å². The van der Waals surface area contributed by atoms with Crippen LogP contribution < -0.4 is 4.90 Å². The van der Waals surface area contributed by atoms with Crippen molar-refractivity contribution >= 4 is 23.3 Å². The number of benzene rings is 2. The summed E-state index contributed by atoms with van der Waals surface area (Å²) in [4.78, 5) is 37.4. The maximum absolute atomic E-state index is 12.7. The first-order valence-corrected chi connectivity index (χ1v) is 8.99. The lowest BCUT2D eigenvalue weighted by molar-refractivity contribution is -0.142. The number of amides is 1. The van der Waals surface area contributed by atoms with Gasteiger partial charge < -0.3 is 9.64 Å². The SMILES string of the molecule is O=C(Cc1cccc(C(F)(F)F)c1)OCC(=O)c1ccc(N2CCCC2=O)cc1. The minimum atomic E-state index is -4.50. The van der Waals surface area contributed by atoms with Crippen molar-refractivity contribution in [2.24, 2.45) is 0 Å². The molecule has 0 unspecified atom stereocenters. The predicted octanol–water partition coefficient (Wildman–Crippen LogP) is 3.80. The first kappa shape index (κ1) is 20.6. The molecule has 1 fully saturated rings. The fourth-order valence-corrected chi connectivity index (χ4v) is 3.05. The first-order chi connectivity index (χ1) is 13.7. The molecule has 1 saturated heterocycles. The van der Waals surface area contributed by atoms with Crippen LogP contribution in [0.1, 0.15) is 34.3 Å². The van der Waals surface area contributed by atoms with Crippen LogP contribution >= 0.6 is 0 Å². The van der Waals surface area contributed by atoms with Gasteiger partial charge in [-0.2, -0.15) is 13.2 Å². The van der Waals surface area contributed by atoms with Gasteiger partial charge in [0.1, 0.15) is 0 Å². The average Bonchev–Trinajstić information content (AvgIpc) is 3.12. The predicted molar refractivity (Wildman–Crippen MR) is 98.5 cm³/mol. The van der Waals surface area contributed by atoms with Gasteiger partial charge in [-0.25, -0.2) is 0 Å². The first-order valence-electron chi connectivity index (χ1n) is 8.99. The Labute approximate surface area is 165 Å². The fourth-order valence-electron chi connectivity index (χ4n) is 3.05. The van der Waals surface area contributed by atoms with Gasteiger partial charge in [0.25, 0.3) is 0 Å². The van der Waals surface area contributed by atoms with Crippen molar-refractivity contribution < 1.29 is 32.3 Å². The van der Waals surface area contributed by atoms with Crippen LogP contribution in [0, 0.1) is 0 Å². The fraction of sp³-hybridized carbons (Fsp3) is 0.286. The summed E-state index contributed by atoms with van der Waals surface area (Å²) < 4.78 is 43.0. The third-order valence-corrected chi connectivity index (χ3v) is 4.54. The van der Waals surface area contributed by atoms with E-state index in [1.807, 2.05) is 0 Å². The van der Waals surface area contributed by atoms with Crippen molar-refractivity contribution in [2.75, 3.05) is 18.1 Å². The van der Waals surface area contributed by atoms with Gasteiger partial charge in [-0.05, 0) is 42.3 Å². The Morgan fingerprint density at radius 3 is 2.41 bits per heavy atom. The van der Waals surface area contributed by atoms with E-state index in [9.17, 15) is 27.6 Å². The van der Waals surface area contributed by atoms with Crippen molar-refractivity contribution in [3.05, 3.63) is 65.2 Å². The van der Waals surface area contributed by atoms with E-state index in [-0.39, 0.29) is 17.9 Å². The molecule has 152 valence electrons. The molecule has 2 aromatic carbocycles. The van der Waals surface area contributed by atoms with E-state index in [0.29, 0.717) is 24.2 Å². The Hall–Kier alpha value is -3.16. The number of hydrogen-bond donors (Lipinski definition) is 0. The van der Waals surface area contributed by atoms with Crippen LogP contribution in [0.25, 0.3) is 0 Å². The van der Waals surface area contributed by atoms with Crippen LogP contribution in [0.15, 0.2) is 48.5 Å². The molecule has 0 bridgehead atoms. The monoisotopic (exact) mass is 405 g/mol. The number of nitrogens with zero attached hydrogens (tertiary/aromatic N) is 1. The third-order valence-electron chi connectivity index (χ3n) is 4.54. The number of rotatable bonds is 6. The summed E-state index contributed by atoms with van der Waals surface area (Å²) in [5, 5.41) is 0. The highest BCUT2D eigenvalue weighted by molar-refractivity contribution is 5.99. The highest BCUT2D eigenvalue weighted by atomic mass is 19.4. The minimum absolute atomic E-state index is 0.0348. The van der Waals surface area contributed by atoms with Gasteiger partial charge in [0.15, 0.2) is 12.4 Å². The normalized spacial score (nSPS) is 14.2. The second-order valence-electron chi connectivity index (χ2n) is 6.65. The lowest BCUT2D eigenvalue weighted by Gasteiger charge is -2.15. The van der Waals surface area contributed by atoms with Crippen LogP contribution in [-0.2, 0) is 26.9 Å². The number of carbonyl (C=O) groups is 3. The molecule has 1 aliphatic heterocycles. The van der Waals surface area contributed by atoms with Crippen LogP contribution in [0.4, 0.5) is 18.9 Å². The van der Waals surface area contributed by atoms with Gasteiger partial charge >= 0.3 is 12.1 Å². The number of carbonyl (C=O) groups excluding carboxylic acids is 3. The molecule has 29 heavy (non-hydrogen) atoms. The molecule has 0 radical (unpaired) electrons. The maximum Gasteiger partial charge on any atom is 0.416 e. The number of ketones is 1. The van der Waals surface area contributed by atoms with Gasteiger partial charge in [0.05, 0.1) is 12.0 Å².